The number of carbonyl (C=O) groups excluding carboxylic acids is 1. The molecular formula is C18H27N3O. The van der Waals surface area contributed by atoms with E-state index in [1.807, 2.05) is 0 Å². The zero-order chi connectivity index (χ0) is 15.7. The molecule has 2 aliphatic heterocycles. The van der Waals surface area contributed by atoms with E-state index < -0.39 is 0 Å². The molecule has 1 saturated heterocycles. The van der Waals surface area contributed by atoms with E-state index in [0.717, 1.165) is 39.0 Å². The highest BCUT2D eigenvalue weighted by Gasteiger charge is 2.32. The highest BCUT2D eigenvalue weighted by molar-refractivity contribution is 5.80. The van der Waals surface area contributed by atoms with Gasteiger partial charge in [-0.25, -0.2) is 0 Å². The van der Waals surface area contributed by atoms with Crippen LogP contribution in [0, 0.1) is 5.92 Å². The van der Waals surface area contributed by atoms with E-state index in [4.69, 9.17) is 0 Å². The van der Waals surface area contributed by atoms with Crippen LogP contribution in [-0.4, -0.2) is 55.5 Å². The molecule has 22 heavy (non-hydrogen) atoms. The number of piperidine rings is 1. The maximum Gasteiger partial charge on any atom is 0.226 e. The number of benzene rings is 1. The number of para-hydroxylation sites is 1. The summed E-state index contributed by atoms with van der Waals surface area (Å²) in [6, 6.07) is 8.71. The van der Waals surface area contributed by atoms with Crippen LogP contribution in [0.25, 0.3) is 0 Å². The van der Waals surface area contributed by atoms with Crippen LogP contribution < -0.4 is 4.90 Å². The molecule has 0 spiro atoms. The SMILES string of the molecule is C[C@@H]1CN(C)c2ccccc2CN1C(=O)C1CCN(C)CC1. The van der Waals surface area contributed by atoms with Gasteiger partial charge in [0.05, 0.1) is 0 Å². The largest absolute Gasteiger partial charge is 0.372 e. The number of hydrogen-bond donors (Lipinski definition) is 0. The van der Waals surface area contributed by atoms with Crippen molar-refractivity contribution in [2.45, 2.75) is 32.4 Å². The normalized spacial score (nSPS) is 24.0. The Bertz CT molecular complexity index is 537. The molecule has 120 valence electrons. The summed E-state index contributed by atoms with van der Waals surface area (Å²) in [4.78, 5) is 19.7. The molecule has 3 rings (SSSR count). The first-order valence-electron chi connectivity index (χ1n) is 8.34. The summed E-state index contributed by atoms with van der Waals surface area (Å²) in [6.45, 7) is 5.89. The van der Waals surface area contributed by atoms with E-state index in [9.17, 15) is 4.79 Å². The Labute approximate surface area is 133 Å². The summed E-state index contributed by atoms with van der Waals surface area (Å²) in [5.41, 5.74) is 2.52. The number of carbonyl (C=O) groups is 1. The van der Waals surface area contributed by atoms with Gasteiger partial charge in [-0.3, -0.25) is 4.79 Å². The lowest BCUT2D eigenvalue weighted by Crippen LogP contribution is -2.46. The molecule has 2 heterocycles. The van der Waals surface area contributed by atoms with Crippen molar-refractivity contribution < 1.29 is 4.79 Å². The van der Waals surface area contributed by atoms with Crippen LogP contribution in [-0.2, 0) is 11.3 Å². The van der Waals surface area contributed by atoms with E-state index >= 15 is 0 Å². The third-order valence-electron chi connectivity index (χ3n) is 5.16. The predicted molar refractivity (Wildman–Crippen MR) is 89.9 cm³/mol. The number of likely N-dealkylation sites (N-methyl/N-ethyl adjacent to an activating group) is 1. The van der Waals surface area contributed by atoms with Crippen LogP contribution in [0.15, 0.2) is 24.3 Å². The van der Waals surface area contributed by atoms with E-state index in [1.165, 1.54) is 11.3 Å². The second-order valence-electron chi connectivity index (χ2n) is 6.90. The molecule has 1 aromatic carbocycles. The Hall–Kier alpha value is -1.55. The van der Waals surface area contributed by atoms with E-state index in [2.05, 4.69) is 60.0 Å². The van der Waals surface area contributed by atoms with Crippen LogP contribution in [0.4, 0.5) is 5.69 Å². The molecule has 0 radical (unpaired) electrons. The van der Waals surface area contributed by atoms with Crippen LogP contribution in [0.1, 0.15) is 25.3 Å². The van der Waals surface area contributed by atoms with Gasteiger partial charge in [0.2, 0.25) is 5.91 Å². The fourth-order valence-corrected chi connectivity index (χ4v) is 3.73. The molecule has 2 aliphatic rings. The first-order chi connectivity index (χ1) is 10.6. The number of amides is 1. The van der Waals surface area contributed by atoms with Crippen molar-refractivity contribution in [3.05, 3.63) is 29.8 Å². The Kier molecular flexibility index (Phi) is 4.39. The molecular weight excluding hydrogens is 274 g/mol. The van der Waals surface area contributed by atoms with Crippen LogP contribution in [0.3, 0.4) is 0 Å². The van der Waals surface area contributed by atoms with Gasteiger partial charge in [-0.05, 0) is 51.5 Å². The molecule has 1 atom stereocenters. The lowest BCUT2D eigenvalue weighted by atomic mass is 9.95. The lowest BCUT2D eigenvalue weighted by Gasteiger charge is -2.35. The molecule has 1 fully saturated rings. The Balaban J connectivity index is 1.80. The predicted octanol–water partition coefficient (Wildman–Crippen LogP) is 2.20. The first kappa shape index (κ1) is 15.3. The highest BCUT2D eigenvalue weighted by atomic mass is 16.2. The average Bonchev–Trinajstić information content (AvgIpc) is 2.64. The van der Waals surface area contributed by atoms with Crippen molar-refractivity contribution in [3.8, 4) is 0 Å². The molecule has 0 N–H and O–H groups in total. The Morgan fingerprint density at radius 1 is 1.14 bits per heavy atom. The summed E-state index contributed by atoms with van der Waals surface area (Å²) in [7, 11) is 4.26. The standard InChI is InChI=1S/C18H27N3O/c1-14-12-20(3)17-7-5-4-6-16(17)13-21(14)18(22)15-8-10-19(2)11-9-15/h4-7,14-15H,8-13H2,1-3H3/t14-/m1/s1. The van der Waals surface area contributed by atoms with Crippen molar-refractivity contribution in [3.63, 3.8) is 0 Å². The van der Waals surface area contributed by atoms with Crippen LogP contribution >= 0.6 is 0 Å². The maximum atomic E-state index is 13.0. The minimum absolute atomic E-state index is 0.203. The van der Waals surface area contributed by atoms with Gasteiger partial charge in [-0.15, -0.1) is 0 Å². The zero-order valence-corrected chi connectivity index (χ0v) is 14.0. The van der Waals surface area contributed by atoms with Crippen LogP contribution in [0.5, 0.6) is 0 Å². The molecule has 0 aromatic heterocycles. The number of rotatable bonds is 1. The summed E-state index contributed by atoms with van der Waals surface area (Å²) in [5.74, 6) is 0.555. The van der Waals surface area contributed by atoms with E-state index in [0.29, 0.717) is 5.91 Å². The number of fused-ring (bicyclic) bond motifs is 1. The van der Waals surface area contributed by atoms with Crippen molar-refractivity contribution in [2.75, 3.05) is 38.6 Å². The summed E-state index contributed by atoms with van der Waals surface area (Å²) < 4.78 is 0. The monoisotopic (exact) mass is 301 g/mol. The summed E-state index contributed by atoms with van der Waals surface area (Å²) in [5, 5.41) is 0. The molecule has 0 unspecified atom stereocenters. The summed E-state index contributed by atoms with van der Waals surface area (Å²) in [6.07, 6.45) is 1.99. The molecule has 0 aliphatic carbocycles. The van der Waals surface area contributed by atoms with Gasteiger partial charge in [-0.1, -0.05) is 18.2 Å². The zero-order valence-electron chi connectivity index (χ0n) is 14.0. The van der Waals surface area contributed by atoms with Crippen LogP contribution in [0.2, 0.25) is 0 Å². The fourth-order valence-electron chi connectivity index (χ4n) is 3.73. The molecule has 4 nitrogen and oxygen atoms in total. The summed E-state index contributed by atoms with van der Waals surface area (Å²) >= 11 is 0. The van der Waals surface area contributed by atoms with Crippen molar-refractivity contribution in [1.29, 1.82) is 0 Å². The smallest absolute Gasteiger partial charge is 0.226 e. The average molecular weight is 301 g/mol. The number of anilines is 1. The third kappa shape index (κ3) is 2.98. The molecule has 0 bridgehead atoms. The maximum absolute atomic E-state index is 13.0. The number of hydrogen-bond acceptors (Lipinski definition) is 3. The van der Waals surface area contributed by atoms with Gasteiger partial charge < -0.3 is 14.7 Å². The second-order valence-corrected chi connectivity index (χ2v) is 6.90. The number of nitrogens with zero attached hydrogens (tertiary/aromatic N) is 3. The minimum atomic E-state index is 0.203. The Morgan fingerprint density at radius 2 is 1.82 bits per heavy atom. The molecule has 4 heteroatoms. The number of likely N-dealkylation sites (tertiary alicyclic amines) is 1. The topological polar surface area (TPSA) is 26.8 Å². The highest BCUT2D eigenvalue weighted by Crippen LogP contribution is 2.28. The fraction of sp³-hybridized carbons (Fsp3) is 0.611. The van der Waals surface area contributed by atoms with Crippen molar-refractivity contribution >= 4 is 11.6 Å². The molecule has 1 amide bonds. The quantitative estimate of drug-likeness (QED) is 0.795. The molecule has 0 saturated carbocycles. The van der Waals surface area contributed by atoms with Gasteiger partial charge in [0.25, 0.3) is 0 Å². The van der Waals surface area contributed by atoms with Crippen molar-refractivity contribution in [1.82, 2.24) is 9.80 Å². The van der Waals surface area contributed by atoms with Gasteiger partial charge >= 0.3 is 0 Å². The van der Waals surface area contributed by atoms with Crippen molar-refractivity contribution in [2.24, 2.45) is 5.92 Å². The first-order valence-corrected chi connectivity index (χ1v) is 8.34. The second kappa shape index (κ2) is 6.29. The third-order valence-corrected chi connectivity index (χ3v) is 5.16. The van der Waals surface area contributed by atoms with Gasteiger partial charge in [0.15, 0.2) is 0 Å². The van der Waals surface area contributed by atoms with Gasteiger partial charge in [0.1, 0.15) is 0 Å². The van der Waals surface area contributed by atoms with Gasteiger partial charge in [-0.2, -0.15) is 0 Å². The lowest BCUT2D eigenvalue weighted by molar-refractivity contribution is -0.139. The van der Waals surface area contributed by atoms with E-state index in [1.54, 1.807) is 0 Å². The van der Waals surface area contributed by atoms with Gasteiger partial charge in [0, 0.05) is 37.8 Å². The minimum Gasteiger partial charge on any atom is -0.372 e. The Morgan fingerprint density at radius 3 is 2.55 bits per heavy atom. The molecule has 1 aromatic rings. The van der Waals surface area contributed by atoms with E-state index in [-0.39, 0.29) is 12.0 Å².